The number of benzene rings is 2. The Morgan fingerprint density at radius 2 is 1.70 bits per heavy atom. The molecule has 1 atom stereocenters. The molecule has 0 saturated heterocycles. The molecule has 8 nitrogen and oxygen atoms in total. The van der Waals surface area contributed by atoms with Crippen molar-refractivity contribution in [1.82, 2.24) is 14.5 Å². The number of nitrogens with one attached hydrogen (secondary N) is 1. The highest BCUT2D eigenvalue weighted by Crippen LogP contribution is 2.26. The average molecular weight is 576 g/mol. The third-order valence-corrected chi connectivity index (χ3v) is 7.77. The number of hydrogen-bond donors (Lipinski definition) is 1. The fourth-order valence-electron chi connectivity index (χ4n) is 3.56. The van der Waals surface area contributed by atoms with Crippen molar-refractivity contribution in [3.8, 4) is 0 Å². The Morgan fingerprint density at radius 3 is 2.22 bits per heavy atom. The van der Waals surface area contributed by atoms with Gasteiger partial charge in [-0.2, -0.15) is 12.7 Å². The zero-order chi connectivity index (χ0) is 28.1. The topological polar surface area (TPSA) is 90.0 Å². The Bertz CT molecular complexity index is 1240. The molecule has 204 valence electrons. The van der Waals surface area contributed by atoms with Crippen LogP contribution >= 0.6 is 23.2 Å². The molecule has 2 aromatic rings. The number of rotatable bonds is 10. The van der Waals surface area contributed by atoms with Gasteiger partial charge in [0.15, 0.2) is 0 Å². The molecule has 2 amide bonds. The van der Waals surface area contributed by atoms with Crippen LogP contribution in [0.15, 0.2) is 42.5 Å². The quantitative estimate of drug-likeness (QED) is 0.453. The van der Waals surface area contributed by atoms with Gasteiger partial charge in [-0.15, -0.1) is 0 Å². The number of carbonyl (C=O) groups excluding carboxylic acids is 2. The van der Waals surface area contributed by atoms with Crippen LogP contribution in [0.3, 0.4) is 0 Å². The third-order valence-electron chi connectivity index (χ3n) is 5.38. The first-order valence-electron chi connectivity index (χ1n) is 11.6. The molecule has 0 aliphatic carbocycles. The number of nitrogens with zero attached hydrogens (tertiary/aromatic N) is 3. The second-order valence-electron chi connectivity index (χ2n) is 9.67. The second kappa shape index (κ2) is 12.4. The van der Waals surface area contributed by atoms with Gasteiger partial charge in [-0.25, -0.2) is 8.70 Å². The van der Waals surface area contributed by atoms with E-state index in [4.69, 9.17) is 23.2 Å². The molecule has 37 heavy (non-hydrogen) atoms. The maximum Gasteiger partial charge on any atom is 0.304 e. The number of para-hydroxylation sites is 1. The van der Waals surface area contributed by atoms with Gasteiger partial charge >= 0.3 is 10.2 Å². The van der Waals surface area contributed by atoms with Gasteiger partial charge in [-0.1, -0.05) is 48.3 Å². The zero-order valence-electron chi connectivity index (χ0n) is 21.8. The molecule has 0 aliphatic rings. The van der Waals surface area contributed by atoms with Crippen LogP contribution in [-0.4, -0.2) is 61.7 Å². The molecular formula is C25H33Cl2FN4O4S. The van der Waals surface area contributed by atoms with Gasteiger partial charge in [0.1, 0.15) is 18.4 Å². The van der Waals surface area contributed by atoms with Crippen molar-refractivity contribution in [2.75, 3.05) is 24.9 Å². The van der Waals surface area contributed by atoms with Gasteiger partial charge in [0, 0.05) is 36.2 Å². The average Bonchev–Trinajstić information content (AvgIpc) is 2.77. The second-order valence-corrected chi connectivity index (χ2v) is 12.6. The minimum Gasteiger partial charge on any atom is -0.350 e. The van der Waals surface area contributed by atoms with E-state index in [1.807, 2.05) is 20.8 Å². The first-order chi connectivity index (χ1) is 17.1. The number of amides is 2. The standard InChI is InChI=1S/C25H33Cl2FN4O4S/c1-7-21(24(34)29-25(2,3)4)31(15-17-12-13-18(26)14-19(17)27)23(33)16-32(37(35,36)30(5)6)22-11-9-8-10-20(22)28/h8-14,21H,7,15-16H2,1-6H3,(H,29,34)/t21-/m1/s1. The lowest BCUT2D eigenvalue weighted by Gasteiger charge is -2.35. The number of hydrogen-bond acceptors (Lipinski definition) is 4. The lowest BCUT2D eigenvalue weighted by Crippen LogP contribution is -2.55. The third kappa shape index (κ3) is 8.04. The van der Waals surface area contributed by atoms with Crippen molar-refractivity contribution < 1.29 is 22.4 Å². The molecule has 0 bridgehead atoms. The van der Waals surface area contributed by atoms with Crippen molar-refractivity contribution in [2.45, 2.75) is 52.2 Å². The summed E-state index contributed by atoms with van der Waals surface area (Å²) in [6.07, 6.45) is 0.235. The van der Waals surface area contributed by atoms with E-state index in [9.17, 15) is 22.4 Å². The fraction of sp³-hybridized carbons (Fsp3) is 0.440. The van der Waals surface area contributed by atoms with E-state index in [0.717, 1.165) is 10.4 Å². The summed E-state index contributed by atoms with van der Waals surface area (Å²) in [7, 11) is -1.71. The van der Waals surface area contributed by atoms with Gasteiger partial charge in [0.05, 0.1) is 5.69 Å². The van der Waals surface area contributed by atoms with E-state index < -0.39 is 46.0 Å². The first kappa shape index (κ1) is 30.8. The minimum absolute atomic E-state index is 0.0992. The van der Waals surface area contributed by atoms with Crippen molar-refractivity contribution in [1.29, 1.82) is 0 Å². The summed E-state index contributed by atoms with van der Waals surface area (Å²) >= 11 is 12.4. The lowest BCUT2D eigenvalue weighted by molar-refractivity contribution is -0.141. The number of halogens is 3. The molecule has 0 heterocycles. The monoisotopic (exact) mass is 574 g/mol. The van der Waals surface area contributed by atoms with Crippen LogP contribution in [0.2, 0.25) is 10.0 Å². The van der Waals surface area contributed by atoms with E-state index >= 15 is 0 Å². The maximum atomic E-state index is 14.7. The molecular weight excluding hydrogens is 542 g/mol. The largest absolute Gasteiger partial charge is 0.350 e. The van der Waals surface area contributed by atoms with Crippen molar-refractivity contribution in [2.24, 2.45) is 0 Å². The van der Waals surface area contributed by atoms with Crippen LogP contribution in [0.1, 0.15) is 39.7 Å². The smallest absolute Gasteiger partial charge is 0.304 e. The zero-order valence-corrected chi connectivity index (χ0v) is 24.1. The van der Waals surface area contributed by atoms with Crippen molar-refractivity contribution in [3.05, 3.63) is 63.9 Å². The summed E-state index contributed by atoms with van der Waals surface area (Å²) in [5, 5.41) is 3.55. The normalized spacial score (nSPS) is 12.8. The van der Waals surface area contributed by atoms with Crippen molar-refractivity contribution in [3.63, 3.8) is 0 Å². The number of carbonyl (C=O) groups is 2. The van der Waals surface area contributed by atoms with Gasteiger partial charge in [0.2, 0.25) is 11.8 Å². The van der Waals surface area contributed by atoms with Crippen LogP contribution < -0.4 is 9.62 Å². The molecule has 0 aliphatic heterocycles. The Morgan fingerprint density at radius 1 is 1.08 bits per heavy atom. The minimum atomic E-state index is -4.28. The summed E-state index contributed by atoms with van der Waals surface area (Å²) in [6.45, 7) is 6.32. The summed E-state index contributed by atoms with van der Waals surface area (Å²) < 4.78 is 42.6. The molecule has 0 saturated carbocycles. The van der Waals surface area contributed by atoms with Crippen molar-refractivity contribution >= 4 is 50.9 Å². The molecule has 0 fully saturated rings. The lowest BCUT2D eigenvalue weighted by atomic mass is 10.1. The summed E-state index contributed by atoms with van der Waals surface area (Å²) in [4.78, 5) is 28.3. The Labute approximate surface area is 228 Å². The van der Waals surface area contributed by atoms with E-state index in [2.05, 4.69) is 5.32 Å². The molecule has 2 aromatic carbocycles. The molecule has 0 aromatic heterocycles. The SMILES string of the molecule is CC[C@H](C(=O)NC(C)(C)C)N(Cc1ccc(Cl)cc1Cl)C(=O)CN(c1ccccc1F)S(=O)(=O)N(C)C. The van der Waals surface area contributed by atoms with Crippen LogP contribution in [0.5, 0.6) is 0 Å². The summed E-state index contributed by atoms with van der Waals surface area (Å²) in [5.74, 6) is -1.94. The Kier molecular flexibility index (Phi) is 10.4. The molecule has 12 heteroatoms. The fourth-order valence-corrected chi connectivity index (χ4v) is 5.09. The van der Waals surface area contributed by atoms with Crippen LogP contribution in [0.25, 0.3) is 0 Å². The molecule has 2 rings (SSSR count). The predicted molar refractivity (Wildman–Crippen MR) is 145 cm³/mol. The maximum absolute atomic E-state index is 14.7. The predicted octanol–water partition coefficient (Wildman–Crippen LogP) is 4.47. The Hall–Kier alpha value is -2.40. The van der Waals surface area contributed by atoms with E-state index in [0.29, 0.717) is 14.9 Å². The molecule has 1 N–H and O–H groups in total. The molecule has 0 unspecified atom stereocenters. The summed E-state index contributed by atoms with van der Waals surface area (Å²) in [5.41, 5.74) is -0.361. The molecule has 0 spiro atoms. The highest BCUT2D eigenvalue weighted by Gasteiger charge is 2.35. The van der Waals surface area contributed by atoms with Gasteiger partial charge in [0.25, 0.3) is 0 Å². The van der Waals surface area contributed by atoms with E-state index in [1.54, 1.807) is 19.1 Å². The highest BCUT2D eigenvalue weighted by molar-refractivity contribution is 7.90. The van der Waals surface area contributed by atoms with Gasteiger partial charge in [-0.3, -0.25) is 9.59 Å². The van der Waals surface area contributed by atoms with Crippen LogP contribution in [0.4, 0.5) is 10.1 Å². The van der Waals surface area contributed by atoms with E-state index in [1.165, 1.54) is 43.3 Å². The summed E-state index contributed by atoms with van der Waals surface area (Å²) in [6, 6.07) is 9.05. The Balaban J connectivity index is 2.58. The van der Waals surface area contributed by atoms with Crippen LogP contribution in [-0.2, 0) is 26.3 Å². The van der Waals surface area contributed by atoms with Gasteiger partial charge < -0.3 is 10.2 Å². The first-order valence-corrected chi connectivity index (χ1v) is 13.7. The highest BCUT2D eigenvalue weighted by atomic mass is 35.5. The van der Waals surface area contributed by atoms with Crippen LogP contribution in [0, 0.1) is 5.82 Å². The molecule has 0 radical (unpaired) electrons. The van der Waals surface area contributed by atoms with Gasteiger partial charge in [-0.05, 0) is 57.0 Å². The van der Waals surface area contributed by atoms with E-state index in [-0.39, 0.29) is 23.7 Å². The number of anilines is 1.